The monoisotopic (exact) mass is 563 g/mol. The Kier molecular flexibility index (Phi) is 8.08. The molecule has 8 heteroatoms. The lowest BCUT2D eigenvalue weighted by Gasteiger charge is -2.24. The minimum absolute atomic E-state index is 0.111. The fraction of sp³-hybridized carbons (Fsp3) is 0.406. The highest BCUT2D eigenvalue weighted by atomic mass is 32.2. The number of fused-ring (bicyclic) bond motifs is 3. The van der Waals surface area contributed by atoms with Crippen molar-refractivity contribution in [1.82, 2.24) is 0 Å². The molecule has 1 aliphatic carbocycles. The Bertz CT molecular complexity index is 1500. The van der Waals surface area contributed by atoms with Crippen LogP contribution in [-0.4, -0.2) is 51.2 Å². The van der Waals surface area contributed by atoms with Crippen molar-refractivity contribution in [3.63, 3.8) is 0 Å². The molecule has 3 aromatic rings. The van der Waals surface area contributed by atoms with Crippen LogP contribution >= 0.6 is 0 Å². The minimum atomic E-state index is -3.00. The van der Waals surface area contributed by atoms with Crippen LogP contribution in [0, 0.1) is 12.8 Å². The van der Waals surface area contributed by atoms with Gasteiger partial charge in [-0.25, -0.2) is 8.42 Å². The molecular weight excluding hydrogens is 526 g/mol. The van der Waals surface area contributed by atoms with E-state index in [0.717, 1.165) is 47.7 Å². The summed E-state index contributed by atoms with van der Waals surface area (Å²) in [6.07, 6.45) is 3.31. The average Bonchev–Trinajstić information content (AvgIpc) is 3.73. The highest BCUT2D eigenvalue weighted by Gasteiger charge is 2.44. The molecule has 1 N–H and O–H groups in total. The van der Waals surface area contributed by atoms with E-state index in [1.54, 1.807) is 0 Å². The smallest absolute Gasteiger partial charge is 0.307 e. The molecule has 212 valence electrons. The van der Waals surface area contributed by atoms with Gasteiger partial charge in [-0.3, -0.25) is 4.79 Å². The molecule has 1 aliphatic heterocycles. The number of nitrogens with zero attached hydrogens (tertiary/aromatic N) is 1. The standard InChI is InChI=1S/C32H37NO6S/c1-4-33-13-12-24-18-26(38-14-5-15-40(3,36)37)16-21(2)31(24)29-17-22(6-11-30(29)33)20-39-25-9-7-23(8-10-25)27-19-28(27)32(34)35/h6-11,16-18,27-28H,4-5,12-15,19-20H2,1-3H3,(H,34,35)/t27-,28+/m1/s1. The van der Waals surface area contributed by atoms with Gasteiger partial charge in [0.2, 0.25) is 0 Å². The fourth-order valence-corrected chi connectivity index (χ4v) is 6.31. The van der Waals surface area contributed by atoms with Gasteiger partial charge >= 0.3 is 5.97 Å². The molecule has 0 aromatic heterocycles. The van der Waals surface area contributed by atoms with E-state index in [9.17, 15) is 18.3 Å². The van der Waals surface area contributed by atoms with Gasteiger partial charge < -0.3 is 19.5 Å². The molecule has 40 heavy (non-hydrogen) atoms. The number of likely N-dealkylation sites (N-methyl/N-ethyl adjacent to an activating group) is 1. The molecule has 2 aliphatic rings. The summed E-state index contributed by atoms with van der Waals surface area (Å²) in [5.74, 6) is 0.787. The van der Waals surface area contributed by atoms with E-state index in [2.05, 4.69) is 43.0 Å². The van der Waals surface area contributed by atoms with Gasteiger partial charge in [0.15, 0.2) is 0 Å². The molecule has 0 amide bonds. The van der Waals surface area contributed by atoms with Crippen LogP contribution in [0.5, 0.6) is 11.5 Å². The molecule has 1 saturated carbocycles. The molecule has 2 atom stereocenters. The van der Waals surface area contributed by atoms with Gasteiger partial charge in [-0.15, -0.1) is 0 Å². The van der Waals surface area contributed by atoms with E-state index in [4.69, 9.17) is 9.47 Å². The first-order chi connectivity index (χ1) is 19.1. The molecule has 1 fully saturated rings. The van der Waals surface area contributed by atoms with Crippen molar-refractivity contribution in [2.24, 2.45) is 5.92 Å². The Labute approximate surface area is 236 Å². The van der Waals surface area contributed by atoms with Crippen LogP contribution in [0.4, 0.5) is 5.69 Å². The van der Waals surface area contributed by atoms with Gasteiger partial charge in [0, 0.05) is 30.6 Å². The molecule has 7 nitrogen and oxygen atoms in total. The fourth-order valence-electron chi connectivity index (χ4n) is 5.67. The van der Waals surface area contributed by atoms with Crippen molar-refractivity contribution in [3.05, 3.63) is 76.9 Å². The predicted octanol–water partition coefficient (Wildman–Crippen LogP) is 5.63. The molecule has 0 bridgehead atoms. The van der Waals surface area contributed by atoms with Crippen LogP contribution in [-0.2, 0) is 27.7 Å². The second-order valence-electron chi connectivity index (χ2n) is 10.9. The van der Waals surface area contributed by atoms with E-state index in [-0.39, 0.29) is 17.6 Å². The van der Waals surface area contributed by atoms with Crippen molar-refractivity contribution in [1.29, 1.82) is 0 Å². The summed E-state index contributed by atoms with van der Waals surface area (Å²) < 4.78 is 35.0. The van der Waals surface area contributed by atoms with E-state index in [0.29, 0.717) is 26.1 Å². The first-order valence-corrected chi connectivity index (χ1v) is 16.0. The third kappa shape index (κ3) is 6.44. The zero-order chi connectivity index (χ0) is 28.4. The Morgan fingerprint density at radius 1 is 1.05 bits per heavy atom. The molecule has 3 aromatic carbocycles. The number of benzene rings is 3. The van der Waals surface area contributed by atoms with Gasteiger partial charge in [0.1, 0.15) is 27.9 Å². The number of aliphatic carboxylic acids is 1. The summed E-state index contributed by atoms with van der Waals surface area (Å²) in [5.41, 5.74) is 8.08. The summed E-state index contributed by atoms with van der Waals surface area (Å²) in [4.78, 5) is 13.6. The topological polar surface area (TPSA) is 93.1 Å². The summed E-state index contributed by atoms with van der Waals surface area (Å²) in [7, 11) is -3.00. The number of carboxylic acids is 1. The summed E-state index contributed by atoms with van der Waals surface area (Å²) >= 11 is 0. The number of ether oxygens (including phenoxy) is 2. The molecule has 0 saturated heterocycles. The maximum atomic E-state index is 11.4. The molecule has 5 rings (SSSR count). The highest BCUT2D eigenvalue weighted by molar-refractivity contribution is 7.90. The van der Waals surface area contributed by atoms with E-state index >= 15 is 0 Å². The van der Waals surface area contributed by atoms with Crippen LogP contribution in [0.1, 0.15) is 47.9 Å². The van der Waals surface area contributed by atoms with E-state index in [1.165, 1.54) is 28.6 Å². The number of sulfone groups is 1. The van der Waals surface area contributed by atoms with Crippen LogP contribution < -0.4 is 14.4 Å². The molecule has 1 heterocycles. The number of carboxylic acid groups (broad SMARTS) is 1. The van der Waals surface area contributed by atoms with Crippen molar-refractivity contribution in [2.75, 3.05) is 36.6 Å². The van der Waals surface area contributed by atoms with Crippen molar-refractivity contribution in [2.45, 2.75) is 45.6 Å². The third-order valence-corrected chi connectivity index (χ3v) is 8.87. The van der Waals surface area contributed by atoms with Gasteiger partial charge in [-0.2, -0.15) is 0 Å². The van der Waals surface area contributed by atoms with Gasteiger partial charge in [-0.1, -0.05) is 18.2 Å². The summed E-state index contributed by atoms with van der Waals surface area (Å²) in [6.45, 7) is 6.87. The summed E-state index contributed by atoms with van der Waals surface area (Å²) in [6, 6.07) is 18.5. The van der Waals surface area contributed by atoms with Crippen LogP contribution in [0.15, 0.2) is 54.6 Å². The minimum Gasteiger partial charge on any atom is -0.494 e. The van der Waals surface area contributed by atoms with E-state index < -0.39 is 15.8 Å². The number of anilines is 1. The predicted molar refractivity (Wildman–Crippen MR) is 157 cm³/mol. The van der Waals surface area contributed by atoms with Crippen LogP contribution in [0.2, 0.25) is 0 Å². The normalized spacial score (nSPS) is 17.9. The van der Waals surface area contributed by atoms with Gasteiger partial charge in [0.05, 0.1) is 18.3 Å². The zero-order valence-corrected chi connectivity index (χ0v) is 24.2. The number of aryl methyl sites for hydroxylation is 1. The maximum Gasteiger partial charge on any atom is 0.307 e. The lowest BCUT2D eigenvalue weighted by molar-refractivity contribution is -0.138. The van der Waals surface area contributed by atoms with Crippen molar-refractivity contribution >= 4 is 21.5 Å². The Morgan fingerprint density at radius 2 is 1.82 bits per heavy atom. The Balaban J connectivity index is 1.33. The SMILES string of the molecule is CCN1CCc2cc(OCCCS(C)(=O)=O)cc(C)c2-c2cc(COc3ccc([C@H]4C[C@@H]4C(=O)O)cc3)ccc21. The molecular formula is C32H37NO6S. The lowest BCUT2D eigenvalue weighted by Crippen LogP contribution is -2.24. The highest BCUT2D eigenvalue weighted by Crippen LogP contribution is 2.47. The number of hydrogen-bond donors (Lipinski definition) is 1. The van der Waals surface area contributed by atoms with Crippen LogP contribution in [0.25, 0.3) is 11.1 Å². The van der Waals surface area contributed by atoms with Gasteiger partial charge in [0.25, 0.3) is 0 Å². The first-order valence-electron chi connectivity index (χ1n) is 13.9. The van der Waals surface area contributed by atoms with Crippen molar-refractivity contribution < 1.29 is 27.8 Å². The maximum absolute atomic E-state index is 11.4. The second-order valence-corrected chi connectivity index (χ2v) is 13.2. The second kappa shape index (κ2) is 11.5. The first kappa shape index (κ1) is 28.0. The van der Waals surface area contributed by atoms with Gasteiger partial charge in [-0.05, 0) is 103 Å². The Morgan fingerprint density at radius 3 is 2.50 bits per heavy atom. The summed E-state index contributed by atoms with van der Waals surface area (Å²) in [5, 5.41) is 9.19. The lowest BCUT2D eigenvalue weighted by atomic mass is 9.92. The van der Waals surface area contributed by atoms with Crippen LogP contribution in [0.3, 0.4) is 0 Å². The van der Waals surface area contributed by atoms with E-state index in [1.807, 2.05) is 30.3 Å². The third-order valence-electron chi connectivity index (χ3n) is 7.84. The number of rotatable bonds is 11. The Hall–Kier alpha value is -3.52. The largest absolute Gasteiger partial charge is 0.494 e. The average molecular weight is 564 g/mol. The quantitative estimate of drug-likeness (QED) is 0.303. The van der Waals surface area contributed by atoms with Crippen molar-refractivity contribution in [3.8, 4) is 22.6 Å². The molecule has 0 radical (unpaired) electrons. The zero-order valence-electron chi connectivity index (χ0n) is 23.4. The number of carbonyl (C=O) groups is 1. The molecule has 0 spiro atoms. The molecule has 0 unspecified atom stereocenters. The number of hydrogen-bond acceptors (Lipinski definition) is 6.